The highest BCUT2D eigenvalue weighted by Gasteiger charge is 2.26. The average molecular weight is 228 g/mol. The predicted molar refractivity (Wildman–Crippen MR) is 68.4 cm³/mol. The number of aliphatic imine (C=N–C) groups is 2. The molecule has 0 aromatic heterocycles. The summed E-state index contributed by atoms with van der Waals surface area (Å²) < 4.78 is 5.51. The maximum absolute atomic E-state index is 5.51. The van der Waals surface area contributed by atoms with Crippen LogP contribution >= 0.6 is 12.6 Å². The van der Waals surface area contributed by atoms with E-state index in [-0.39, 0.29) is 12.1 Å². The van der Waals surface area contributed by atoms with Gasteiger partial charge in [-0.2, -0.15) is 12.6 Å². The second kappa shape index (κ2) is 5.54. The number of nitrogens with zero attached hydrogens (tertiary/aromatic N) is 2. The van der Waals surface area contributed by atoms with Crippen molar-refractivity contribution in [2.75, 3.05) is 12.4 Å². The number of hydrogen-bond acceptors (Lipinski definition) is 4. The molecule has 4 heteroatoms. The van der Waals surface area contributed by atoms with Gasteiger partial charge in [-0.05, 0) is 19.8 Å². The quantitative estimate of drug-likeness (QED) is 0.738. The lowest BCUT2D eigenvalue weighted by Crippen LogP contribution is -2.36. The third-order valence-electron chi connectivity index (χ3n) is 2.44. The highest BCUT2D eigenvalue weighted by Crippen LogP contribution is 2.17. The Kier molecular flexibility index (Phi) is 4.64. The van der Waals surface area contributed by atoms with Crippen LogP contribution in [0, 0.1) is 5.92 Å². The van der Waals surface area contributed by atoms with Crippen molar-refractivity contribution in [3.63, 3.8) is 0 Å². The summed E-state index contributed by atoms with van der Waals surface area (Å²) in [7, 11) is 0. The van der Waals surface area contributed by atoms with Gasteiger partial charge >= 0.3 is 0 Å². The van der Waals surface area contributed by atoms with Crippen molar-refractivity contribution in [2.45, 2.75) is 39.8 Å². The standard InChI is InChI=1S/C11H20N2OS/c1-5-14-11-9(6-15)12-8(4)10(13-11)7(2)3/h7,9-10,15H,5-6H2,1-4H3/t9-,10+/m0/s1. The van der Waals surface area contributed by atoms with Gasteiger partial charge in [0, 0.05) is 11.5 Å². The first-order valence-corrected chi connectivity index (χ1v) is 6.09. The zero-order valence-corrected chi connectivity index (χ0v) is 10.8. The molecule has 0 aliphatic carbocycles. The molecular weight excluding hydrogens is 208 g/mol. The molecule has 1 heterocycles. The molecule has 3 nitrogen and oxygen atoms in total. The Hall–Kier alpha value is -0.510. The molecule has 0 fully saturated rings. The van der Waals surface area contributed by atoms with Gasteiger partial charge < -0.3 is 4.74 Å². The third kappa shape index (κ3) is 2.97. The van der Waals surface area contributed by atoms with E-state index in [2.05, 4.69) is 36.5 Å². The fraction of sp³-hybridized carbons (Fsp3) is 0.818. The van der Waals surface area contributed by atoms with Crippen molar-refractivity contribution in [1.29, 1.82) is 0 Å². The normalized spacial score (nSPS) is 26.3. The monoisotopic (exact) mass is 228 g/mol. The lowest BCUT2D eigenvalue weighted by Gasteiger charge is -2.26. The van der Waals surface area contributed by atoms with Crippen molar-refractivity contribution < 1.29 is 4.74 Å². The van der Waals surface area contributed by atoms with E-state index in [1.54, 1.807) is 0 Å². The van der Waals surface area contributed by atoms with Crippen molar-refractivity contribution in [2.24, 2.45) is 15.9 Å². The molecule has 1 aliphatic rings. The Morgan fingerprint density at radius 1 is 1.40 bits per heavy atom. The second-order valence-corrected chi connectivity index (χ2v) is 4.42. The molecule has 0 bridgehead atoms. The molecule has 15 heavy (non-hydrogen) atoms. The van der Waals surface area contributed by atoms with Crippen LogP contribution in [0.25, 0.3) is 0 Å². The summed E-state index contributed by atoms with van der Waals surface area (Å²) in [5.74, 6) is 1.86. The molecule has 0 aromatic rings. The van der Waals surface area contributed by atoms with Gasteiger partial charge in [0.15, 0.2) is 0 Å². The fourth-order valence-electron chi connectivity index (χ4n) is 1.73. The molecule has 0 amide bonds. The average Bonchev–Trinajstić information content (AvgIpc) is 2.20. The van der Waals surface area contributed by atoms with Crippen LogP contribution in [-0.2, 0) is 4.74 Å². The maximum Gasteiger partial charge on any atom is 0.210 e. The smallest absolute Gasteiger partial charge is 0.210 e. The second-order valence-electron chi connectivity index (χ2n) is 4.06. The summed E-state index contributed by atoms with van der Waals surface area (Å²) in [6, 6.07) is 0.172. The van der Waals surface area contributed by atoms with Crippen LogP contribution in [0.5, 0.6) is 0 Å². The minimum absolute atomic E-state index is 0.00304. The van der Waals surface area contributed by atoms with E-state index in [0.29, 0.717) is 18.3 Å². The number of ether oxygens (including phenoxy) is 1. The largest absolute Gasteiger partial charge is 0.480 e. The maximum atomic E-state index is 5.51. The summed E-state index contributed by atoms with van der Waals surface area (Å²) in [6.07, 6.45) is 0. The van der Waals surface area contributed by atoms with Gasteiger partial charge in [0.1, 0.15) is 6.04 Å². The Morgan fingerprint density at radius 2 is 2.07 bits per heavy atom. The molecule has 1 aliphatic heterocycles. The van der Waals surface area contributed by atoms with Gasteiger partial charge in [-0.25, -0.2) is 4.99 Å². The number of rotatable bonds is 3. The summed E-state index contributed by atoms with van der Waals surface area (Å²) in [5.41, 5.74) is 1.09. The molecule has 0 saturated carbocycles. The Bertz CT molecular complexity index is 274. The third-order valence-corrected chi connectivity index (χ3v) is 2.78. The van der Waals surface area contributed by atoms with E-state index in [0.717, 1.165) is 11.6 Å². The van der Waals surface area contributed by atoms with E-state index in [4.69, 9.17) is 4.74 Å². The van der Waals surface area contributed by atoms with Gasteiger partial charge in [0.05, 0.1) is 12.6 Å². The minimum Gasteiger partial charge on any atom is -0.480 e. The SMILES string of the molecule is CCOC1=N[C@H](C(C)C)C(C)=N[C@H]1CS. The summed E-state index contributed by atoms with van der Waals surface area (Å²) in [4.78, 5) is 9.21. The van der Waals surface area contributed by atoms with Crippen molar-refractivity contribution in [1.82, 2.24) is 0 Å². The molecule has 2 atom stereocenters. The first-order valence-electron chi connectivity index (χ1n) is 5.45. The molecule has 0 radical (unpaired) electrons. The molecule has 1 rings (SSSR count). The van der Waals surface area contributed by atoms with E-state index < -0.39 is 0 Å². The molecular formula is C11H20N2OS. The van der Waals surface area contributed by atoms with E-state index in [9.17, 15) is 0 Å². The Balaban J connectivity index is 2.87. The molecule has 0 saturated heterocycles. The van der Waals surface area contributed by atoms with Gasteiger partial charge in [0.25, 0.3) is 0 Å². The zero-order valence-electron chi connectivity index (χ0n) is 9.90. The summed E-state index contributed by atoms with van der Waals surface area (Å²) in [6.45, 7) is 8.94. The highest BCUT2D eigenvalue weighted by molar-refractivity contribution is 7.80. The zero-order chi connectivity index (χ0) is 11.4. The number of hydrogen-bond donors (Lipinski definition) is 1. The van der Waals surface area contributed by atoms with Crippen LogP contribution in [0.4, 0.5) is 0 Å². The van der Waals surface area contributed by atoms with Crippen molar-refractivity contribution >= 4 is 24.2 Å². The van der Waals surface area contributed by atoms with Crippen LogP contribution in [0.3, 0.4) is 0 Å². The predicted octanol–water partition coefficient (Wildman–Crippen LogP) is 2.22. The minimum atomic E-state index is 0.00304. The van der Waals surface area contributed by atoms with Crippen LogP contribution < -0.4 is 0 Å². The lowest BCUT2D eigenvalue weighted by atomic mass is 9.99. The van der Waals surface area contributed by atoms with Crippen LogP contribution in [0.1, 0.15) is 27.7 Å². The van der Waals surface area contributed by atoms with Crippen molar-refractivity contribution in [3.8, 4) is 0 Å². The first kappa shape index (κ1) is 12.6. The molecule has 0 aromatic carbocycles. The topological polar surface area (TPSA) is 34.0 Å². The molecule has 0 spiro atoms. The van der Waals surface area contributed by atoms with Gasteiger partial charge in [-0.15, -0.1) is 0 Å². The van der Waals surface area contributed by atoms with Crippen molar-refractivity contribution in [3.05, 3.63) is 0 Å². The fourth-order valence-corrected chi connectivity index (χ4v) is 1.96. The van der Waals surface area contributed by atoms with E-state index in [1.165, 1.54) is 0 Å². The number of thiol groups is 1. The first-order chi connectivity index (χ1) is 7.10. The highest BCUT2D eigenvalue weighted by atomic mass is 32.1. The van der Waals surface area contributed by atoms with Crippen LogP contribution in [-0.4, -0.2) is 36.1 Å². The van der Waals surface area contributed by atoms with E-state index in [1.807, 2.05) is 13.8 Å². The van der Waals surface area contributed by atoms with Crippen LogP contribution in [0.15, 0.2) is 9.98 Å². The Labute approximate surface area is 97.4 Å². The molecule has 0 N–H and O–H groups in total. The van der Waals surface area contributed by atoms with E-state index >= 15 is 0 Å². The lowest BCUT2D eigenvalue weighted by molar-refractivity contribution is 0.307. The summed E-state index contributed by atoms with van der Waals surface area (Å²) in [5, 5.41) is 0. The molecule has 0 unspecified atom stereocenters. The Morgan fingerprint density at radius 3 is 2.53 bits per heavy atom. The van der Waals surface area contributed by atoms with Gasteiger partial charge in [0.2, 0.25) is 5.90 Å². The van der Waals surface area contributed by atoms with Crippen LogP contribution in [0.2, 0.25) is 0 Å². The summed E-state index contributed by atoms with van der Waals surface area (Å²) >= 11 is 4.27. The van der Waals surface area contributed by atoms with Gasteiger partial charge in [-0.3, -0.25) is 4.99 Å². The van der Waals surface area contributed by atoms with Gasteiger partial charge in [-0.1, -0.05) is 13.8 Å². The molecule has 86 valence electrons.